The van der Waals surface area contributed by atoms with Gasteiger partial charge in [-0.1, -0.05) is 0 Å². The molecule has 1 heterocycles. The number of carboxylic acid groups (broad SMARTS) is 1. The van der Waals surface area contributed by atoms with Crippen LogP contribution in [0.25, 0.3) is 0 Å². The zero-order valence-electron chi connectivity index (χ0n) is 6.77. The second kappa shape index (κ2) is 4.71. The second-order valence-electron chi connectivity index (χ2n) is 2.50. The molecule has 5 nitrogen and oxygen atoms in total. The Morgan fingerprint density at radius 3 is 3.17 bits per heavy atom. The van der Waals surface area contributed by atoms with Crippen molar-refractivity contribution in [3.8, 4) is 0 Å². The lowest BCUT2D eigenvalue weighted by Crippen LogP contribution is -2.25. The Kier molecular flexibility index (Phi) is 3.53. The van der Waals surface area contributed by atoms with Gasteiger partial charge in [0.15, 0.2) is 0 Å². The molecule has 12 heavy (non-hydrogen) atoms. The average molecular weight is 172 g/mol. The zero-order chi connectivity index (χ0) is 8.81. The fourth-order valence-electron chi connectivity index (χ4n) is 0.928. The number of carboxylic acids is 1. The largest absolute Gasteiger partial charge is 0.480 e. The van der Waals surface area contributed by atoms with E-state index in [1.807, 2.05) is 4.90 Å². The Labute approximate surface area is 70.6 Å². The quantitative estimate of drug-likeness (QED) is 0.564. The molecule has 1 aliphatic rings. The Balaban J connectivity index is 1.95. The van der Waals surface area contributed by atoms with E-state index >= 15 is 0 Å². The third kappa shape index (κ3) is 3.34. The topological polar surface area (TPSA) is 62.1 Å². The molecule has 68 valence electrons. The Morgan fingerprint density at radius 1 is 1.75 bits per heavy atom. The van der Waals surface area contributed by atoms with Gasteiger partial charge >= 0.3 is 5.97 Å². The minimum atomic E-state index is -0.926. The average Bonchev–Trinajstić information content (AvgIpc) is 2.49. The minimum Gasteiger partial charge on any atom is -0.480 e. The fourth-order valence-corrected chi connectivity index (χ4v) is 0.928. The maximum absolute atomic E-state index is 10.0. The number of carbonyl (C=O) groups is 1. The van der Waals surface area contributed by atoms with Crippen LogP contribution in [0.4, 0.5) is 0 Å². The van der Waals surface area contributed by atoms with Gasteiger partial charge in [-0.25, -0.2) is 4.79 Å². The van der Waals surface area contributed by atoms with E-state index in [1.54, 1.807) is 6.34 Å². The van der Waals surface area contributed by atoms with E-state index in [1.165, 1.54) is 0 Å². The van der Waals surface area contributed by atoms with Gasteiger partial charge < -0.3 is 14.7 Å². The smallest absolute Gasteiger partial charge is 0.329 e. The number of nitrogens with zero attached hydrogens (tertiary/aromatic N) is 2. The van der Waals surface area contributed by atoms with Crippen LogP contribution in [-0.4, -0.2) is 55.2 Å². The number of ether oxygens (including phenoxy) is 1. The molecule has 0 atom stereocenters. The molecule has 0 fully saturated rings. The molecule has 1 aliphatic heterocycles. The number of aliphatic imine (C=N–C) groups is 1. The zero-order valence-corrected chi connectivity index (χ0v) is 6.77. The van der Waals surface area contributed by atoms with E-state index in [0.717, 1.165) is 19.6 Å². The van der Waals surface area contributed by atoms with Gasteiger partial charge in [0.1, 0.15) is 6.61 Å². The van der Waals surface area contributed by atoms with Crippen LogP contribution in [0.2, 0.25) is 0 Å². The summed E-state index contributed by atoms with van der Waals surface area (Å²) < 4.78 is 4.85. The van der Waals surface area contributed by atoms with Crippen molar-refractivity contribution in [1.29, 1.82) is 0 Å². The molecule has 0 saturated carbocycles. The highest BCUT2D eigenvalue weighted by Crippen LogP contribution is 1.91. The summed E-state index contributed by atoms with van der Waals surface area (Å²) in [4.78, 5) is 16.0. The lowest BCUT2D eigenvalue weighted by Gasteiger charge is -2.12. The monoisotopic (exact) mass is 172 g/mol. The minimum absolute atomic E-state index is 0.217. The molecule has 1 N–H and O–H groups in total. The standard InChI is InChI=1S/C7H12N2O3/c10-7(11)5-12-4-3-9-2-1-8-6-9/h6H,1-5H2,(H,10,11). The first kappa shape index (κ1) is 8.99. The molecule has 0 spiro atoms. The Hall–Kier alpha value is -1.10. The first-order chi connectivity index (χ1) is 5.79. The molecule has 0 radical (unpaired) electrons. The van der Waals surface area contributed by atoms with Gasteiger partial charge in [0.2, 0.25) is 0 Å². The number of rotatable bonds is 5. The summed E-state index contributed by atoms with van der Waals surface area (Å²) in [7, 11) is 0. The summed E-state index contributed by atoms with van der Waals surface area (Å²) in [6.45, 7) is 2.69. The summed E-state index contributed by atoms with van der Waals surface area (Å²) in [6, 6.07) is 0. The molecule has 1 rings (SSSR count). The van der Waals surface area contributed by atoms with Crippen LogP contribution in [0.1, 0.15) is 0 Å². The lowest BCUT2D eigenvalue weighted by molar-refractivity contribution is -0.142. The van der Waals surface area contributed by atoms with Crippen molar-refractivity contribution in [1.82, 2.24) is 4.90 Å². The molecule has 0 aromatic rings. The molecule has 0 aromatic heterocycles. The summed E-state index contributed by atoms with van der Waals surface area (Å²) in [5.74, 6) is -0.926. The number of hydrogen-bond acceptors (Lipinski definition) is 4. The van der Waals surface area contributed by atoms with E-state index in [4.69, 9.17) is 9.84 Å². The van der Waals surface area contributed by atoms with Gasteiger partial charge in [0, 0.05) is 13.1 Å². The van der Waals surface area contributed by atoms with Crippen molar-refractivity contribution < 1.29 is 14.6 Å². The van der Waals surface area contributed by atoms with Crippen LogP contribution in [0.15, 0.2) is 4.99 Å². The molecular weight excluding hydrogens is 160 g/mol. The van der Waals surface area contributed by atoms with Crippen molar-refractivity contribution in [2.45, 2.75) is 0 Å². The molecule has 0 amide bonds. The molecule has 5 heteroatoms. The van der Waals surface area contributed by atoms with Gasteiger partial charge in [-0.05, 0) is 0 Å². The van der Waals surface area contributed by atoms with Gasteiger partial charge in [-0.2, -0.15) is 0 Å². The second-order valence-corrected chi connectivity index (χ2v) is 2.50. The van der Waals surface area contributed by atoms with Crippen LogP contribution in [0, 0.1) is 0 Å². The van der Waals surface area contributed by atoms with E-state index in [0.29, 0.717) is 6.61 Å². The number of aliphatic carboxylic acids is 1. The molecule has 0 saturated heterocycles. The molecule has 0 unspecified atom stereocenters. The SMILES string of the molecule is O=C(O)COCCN1C=NCC1. The van der Waals surface area contributed by atoms with E-state index in [-0.39, 0.29) is 6.61 Å². The van der Waals surface area contributed by atoms with Gasteiger partial charge in [0.05, 0.1) is 19.5 Å². The predicted octanol–water partition coefficient (Wildman–Crippen LogP) is -0.569. The van der Waals surface area contributed by atoms with Gasteiger partial charge in [-0.15, -0.1) is 0 Å². The van der Waals surface area contributed by atoms with Crippen LogP contribution in [0.3, 0.4) is 0 Å². The van der Waals surface area contributed by atoms with Gasteiger partial charge in [0.25, 0.3) is 0 Å². The Bertz CT molecular complexity index is 181. The summed E-state index contributed by atoms with van der Waals surface area (Å²) in [5.41, 5.74) is 0. The lowest BCUT2D eigenvalue weighted by atomic mass is 10.5. The van der Waals surface area contributed by atoms with E-state index < -0.39 is 5.97 Å². The van der Waals surface area contributed by atoms with Crippen LogP contribution < -0.4 is 0 Å². The van der Waals surface area contributed by atoms with Crippen LogP contribution in [0.5, 0.6) is 0 Å². The summed E-state index contributed by atoms with van der Waals surface area (Å²) in [6.07, 6.45) is 1.77. The predicted molar refractivity (Wildman–Crippen MR) is 43.4 cm³/mol. The van der Waals surface area contributed by atoms with Crippen LogP contribution >= 0.6 is 0 Å². The van der Waals surface area contributed by atoms with Crippen molar-refractivity contribution in [3.63, 3.8) is 0 Å². The Morgan fingerprint density at radius 2 is 2.58 bits per heavy atom. The van der Waals surface area contributed by atoms with Crippen molar-refractivity contribution in [3.05, 3.63) is 0 Å². The molecule has 0 aliphatic carbocycles. The molecule has 0 aromatic carbocycles. The van der Waals surface area contributed by atoms with Gasteiger partial charge in [-0.3, -0.25) is 4.99 Å². The highest BCUT2D eigenvalue weighted by Gasteiger charge is 2.04. The fraction of sp³-hybridized carbons (Fsp3) is 0.714. The third-order valence-corrected chi connectivity index (χ3v) is 1.51. The molecular formula is C7H12N2O3. The summed E-state index contributed by atoms with van der Waals surface area (Å²) in [5, 5.41) is 8.24. The highest BCUT2D eigenvalue weighted by atomic mass is 16.5. The third-order valence-electron chi connectivity index (χ3n) is 1.51. The van der Waals surface area contributed by atoms with Crippen LogP contribution in [-0.2, 0) is 9.53 Å². The van der Waals surface area contributed by atoms with Crippen molar-refractivity contribution >= 4 is 12.3 Å². The molecule has 0 bridgehead atoms. The first-order valence-electron chi connectivity index (χ1n) is 3.82. The highest BCUT2D eigenvalue weighted by molar-refractivity contribution is 5.68. The normalized spacial score (nSPS) is 15.5. The van der Waals surface area contributed by atoms with Crippen molar-refractivity contribution in [2.24, 2.45) is 4.99 Å². The maximum Gasteiger partial charge on any atom is 0.329 e. The summed E-state index contributed by atoms with van der Waals surface area (Å²) >= 11 is 0. The van der Waals surface area contributed by atoms with E-state index in [9.17, 15) is 4.79 Å². The number of hydrogen-bond donors (Lipinski definition) is 1. The van der Waals surface area contributed by atoms with E-state index in [2.05, 4.69) is 4.99 Å². The van der Waals surface area contributed by atoms with Crippen molar-refractivity contribution in [2.75, 3.05) is 32.8 Å². The first-order valence-corrected chi connectivity index (χ1v) is 3.82. The maximum atomic E-state index is 10.0.